The zero-order valence-electron chi connectivity index (χ0n) is 23.6. The fourth-order valence-electron chi connectivity index (χ4n) is 3.70. The number of amides is 1. The van der Waals surface area contributed by atoms with Crippen molar-refractivity contribution < 1.29 is 32.6 Å². The summed E-state index contributed by atoms with van der Waals surface area (Å²) in [6, 6.07) is 7.31. The molecule has 11 nitrogen and oxygen atoms in total. The van der Waals surface area contributed by atoms with E-state index in [1.807, 2.05) is 12.1 Å². The number of rotatable bonds is 13. The highest BCUT2D eigenvalue weighted by Crippen LogP contribution is 2.14. The Kier molecular flexibility index (Phi) is 11.7. The Morgan fingerprint density at radius 1 is 0.949 bits per heavy atom. The fourth-order valence-corrected chi connectivity index (χ4v) is 4.04. The van der Waals surface area contributed by atoms with E-state index in [1.165, 1.54) is 0 Å². The highest BCUT2D eigenvalue weighted by atomic mass is 32.2. The summed E-state index contributed by atoms with van der Waals surface area (Å²) in [5, 5.41) is 0. The van der Waals surface area contributed by atoms with Crippen molar-refractivity contribution in [2.45, 2.75) is 85.0 Å². The van der Waals surface area contributed by atoms with Crippen LogP contribution in [-0.4, -0.2) is 65.4 Å². The van der Waals surface area contributed by atoms with Gasteiger partial charge in [-0.2, -0.15) is 0 Å². The standard InChI is InChI=1S/C27H40N4O7S/c1-26(2,3)37-24(33)18-31(19-25(34)38-27(4,5)6)23(32)17-30-16-15-28-22(30)10-8-7-9-20-11-13-21(14-12-20)29-39(35)36/h11-16,29H,7-10,17-19H2,1-6H3,(H,35,36). The van der Waals surface area contributed by atoms with E-state index in [9.17, 15) is 18.6 Å². The Labute approximate surface area is 232 Å². The third-order valence-electron chi connectivity index (χ3n) is 5.21. The first-order chi connectivity index (χ1) is 18.1. The Balaban J connectivity index is 1.97. The first-order valence-electron chi connectivity index (χ1n) is 12.8. The minimum absolute atomic E-state index is 0.0817. The number of imidazole rings is 1. The van der Waals surface area contributed by atoms with Gasteiger partial charge in [0, 0.05) is 24.5 Å². The molecule has 1 atom stereocenters. The Morgan fingerprint density at radius 2 is 1.49 bits per heavy atom. The van der Waals surface area contributed by atoms with Crippen molar-refractivity contribution in [3.05, 3.63) is 48.0 Å². The first-order valence-corrected chi connectivity index (χ1v) is 13.9. The number of carbonyl (C=O) groups excluding carboxylic acids is 3. The van der Waals surface area contributed by atoms with Crippen molar-refractivity contribution in [3.8, 4) is 0 Å². The van der Waals surface area contributed by atoms with Gasteiger partial charge in [-0.25, -0.2) is 9.19 Å². The van der Waals surface area contributed by atoms with Crippen LogP contribution in [-0.2, 0) is 54.5 Å². The van der Waals surface area contributed by atoms with Crippen molar-refractivity contribution in [2.75, 3.05) is 17.8 Å². The molecule has 0 aliphatic heterocycles. The molecule has 12 heteroatoms. The summed E-state index contributed by atoms with van der Waals surface area (Å²) >= 11 is -2.10. The van der Waals surface area contributed by atoms with Crippen LogP contribution in [0.4, 0.5) is 5.69 Å². The lowest BCUT2D eigenvalue weighted by atomic mass is 10.1. The molecule has 1 aromatic heterocycles. The van der Waals surface area contributed by atoms with Crippen LogP contribution < -0.4 is 4.72 Å². The molecule has 2 N–H and O–H groups in total. The molecule has 0 aliphatic carbocycles. The number of nitrogens with zero attached hydrogens (tertiary/aromatic N) is 3. The highest BCUT2D eigenvalue weighted by molar-refractivity contribution is 7.80. The predicted molar refractivity (Wildman–Crippen MR) is 148 cm³/mol. The molecule has 0 aliphatic rings. The van der Waals surface area contributed by atoms with E-state index in [2.05, 4.69) is 9.71 Å². The maximum absolute atomic E-state index is 13.2. The number of ether oxygens (including phenoxy) is 2. The minimum Gasteiger partial charge on any atom is -0.459 e. The Bertz CT molecular complexity index is 1100. The monoisotopic (exact) mass is 564 g/mol. The second-order valence-electron chi connectivity index (χ2n) is 11.1. The molecule has 0 spiro atoms. The number of hydrogen-bond donors (Lipinski definition) is 2. The van der Waals surface area contributed by atoms with Crippen LogP contribution in [0.5, 0.6) is 0 Å². The number of aromatic nitrogens is 2. The van der Waals surface area contributed by atoms with Gasteiger partial charge in [0.15, 0.2) is 0 Å². The number of unbranched alkanes of at least 4 members (excludes halogenated alkanes) is 1. The Morgan fingerprint density at radius 3 is 2.00 bits per heavy atom. The zero-order valence-corrected chi connectivity index (χ0v) is 24.4. The van der Waals surface area contributed by atoms with Gasteiger partial charge < -0.3 is 18.9 Å². The maximum atomic E-state index is 13.2. The third-order valence-corrected chi connectivity index (χ3v) is 5.63. The topological polar surface area (TPSA) is 140 Å². The first kappa shape index (κ1) is 32.0. The molecule has 0 fully saturated rings. The summed E-state index contributed by atoms with van der Waals surface area (Å²) < 4.78 is 34.6. The van der Waals surface area contributed by atoms with E-state index >= 15 is 0 Å². The van der Waals surface area contributed by atoms with Crippen molar-refractivity contribution in [1.29, 1.82) is 0 Å². The Hall–Kier alpha value is -3.25. The van der Waals surface area contributed by atoms with Crippen LogP contribution >= 0.6 is 0 Å². The number of benzene rings is 1. The predicted octanol–water partition coefficient (Wildman–Crippen LogP) is 3.51. The van der Waals surface area contributed by atoms with Crippen molar-refractivity contribution in [3.63, 3.8) is 0 Å². The second kappa shape index (κ2) is 14.2. The van der Waals surface area contributed by atoms with Crippen LogP contribution in [0.3, 0.4) is 0 Å². The normalized spacial score (nSPS) is 12.5. The maximum Gasteiger partial charge on any atom is 0.326 e. The number of carbonyl (C=O) groups is 3. The molecule has 2 rings (SSSR count). The molecule has 0 saturated heterocycles. The molecule has 2 aromatic rings. The highest BCUT2D eigenvalue weighted by Gasteiger charge is 2.27. The van der Waals surface area contributed by atoms with Crippen LogP contribution in [0.15, 0.2) is 36.7 Å². The van der Waals surface area contributed by atoms with Crippen LogP contribution in [0.2, 0.25) is 0 Å². The van der Waals surface area contributed by atoms with Gasteiger partial charge >= 0.3 is 11.9 Å². The quantitative estimate of drug-likeness (QED) is 0.214. The van der Waals surface area contributed by atoms with Gasteiger partial charge in [0.2, 0.25) is 5.91 Å². The molecular formula is C27H40N4O7S. The summed E-state index contributed by atoms with van der Waals surface area (Å²) in [4.78, 5) is 43.6. The van der Waals surface area contributed by atoms with Gasteiger partial charge in [-0.1, -0.05) is 12.1 Å². The van der Waals surface area contributed by atoms with Crippen LogP contribution in [0, 0.1) is 0 Å². The van der Waals surface area contributed by atoms with Crippen molar-refractivity contribution in [1.82, 2.24) is 14.5 Å². The molecule has 216 valence electrons. The SMILES string of the molecule is CC(C)(C)OC(=O)CN(CC(=O)OC(C)(C)C)C(=O)Cn1ccnc1CCCCc1ccc(NS(=O)O)cc1. The molecule has 1 heterocycles. The van der Waals surface area contributed by atoms with Crippen molar-refractivity contribution >= 4 is 34.8 Å². The number of anilines is 1. The van der Waals surface area contributed by atoms with E-state index in [0.717, 1.165) is 35.6 Å². The summed E-state index contributed by atoms with van der Waals surface area (Å²) in [5.74, 6) is -0.927. The van der Waals surface area contributed by atoms with Gasteiger partial charge in [0.25, 0.3) is 11.3 Å². The van der Waals surface area contributed by atoms with E-state index < -0.39 is 40.3 Å². The van der Waals surface area contributed by atoms with Gasteiger partial charge in [0.05, 0.1) is 0 Å². The van der Waals surface area contributed by atoms with E-state index in [0.29, 0.717) is 12.1 Å². The molecule has 1 aromatic carbocycles. The molecule has 1 amide bonds. The zero-order chi connectivity index (χ0) is 29.2. The lowest BCUT2D eigenvalue weighted by Crippen LogP contribution is -2.44. The van der Waals surface area contributed by atoms with E-state index in [-0.39, 0.29) is 19.6 Å². The molecule has 0 saturated carbocycles. The van der Waals surface area contributed by atoms with Gasteiger partial charge in [-0.15, -0.1) is 0 Å². The minimum atomic E-state index is -2.10. The molecule has 1 unspecified atom stereocenters. The average molecular weight is 565 g/mol. The van der Waals surface area contributed by atoms with Gasteiger partial charge in [0.1, 0.15) is 36.7 Å². The number of hydrogen-bond acceptors (Lipinski definition) is 7. The lowest BCUT2D eigenvalue weighted by molar-refractivity contribution is -0.164. The molecular weight excluding hydrogens is 524 g/mol. The summed E-state index contributed by atoms with van der Waals surface area (Å²) in [7, 11) is 0. The average Bonchev–Trinajstić information content (AvgIpc) is 3.21. The number of aryl methyl sites for hydroxylation is 2. The number of esters is 2. The van der Waals surface area contributed by atoms with Gasteiger partial charge in [-0.3, -0.25) is 23.7 Å². The molecule has 0 radical (unpaired) electrons. The third kappa shape index (κ3) is 12.9. The lowest BCUT2D eigenvalue weighted by Gasteiger charge is -2.26. The smallest absolute Gasteiger partial charge is 0.326 e. The molecule has 39 heavy (non-hydrogen) atoms. The largest absolute Gasteiger partial charge is 0.459 e. The van der Waals surface area contributed by atoms with E-state index in [1.54, 1.807) is 70.6 Å². The summed E-state index contributed by atoms with van der Waals surface area (Å²) in [6.45, 7) is 9.56. The van der Waals surface area contributed by atoms with Crippen LogP contribution in [0.25, 0.3) is 0 Å². The second-order valence-corrected chi connectivity index (χ2v) is 11.9. The van der Waals surface area contributed by atoms with Crippen LogP contribution in [0.1, 0.15) is 65.8 Å². The van der Waals surface area contributed by atoms with E-state index in [4.69, 9.17) is 14.0 Å². The molecule has 0 bridgehead atoms. The summed E-state index contributed by atoms with van der Waals surface area (Å²) in [5.41, 5.74) is 0.211. The number of nitrogens with one attached hydrogen (secondary N) is 1. The van der Waals surface area contributed by atoms with Gasteiger partial charge in [-0.05, 0) is 78.5 Å². The fraction of sp³-hybridized carbons (Fsp3) is 0.556. The van der Waals surface area contributed by atoms with Crippen molar-refractivity contribution in [2.24, 2.45) is 0 Å². The summed E-state index contributed by atoms with van der Waals surface area (Å²) in [6.07, 6.45) is 6.48.